The van der Waals surface area contributed by atoms with E-state index in [1.165, 1.54) is 10.8 Å². The third-order valence-electron chi connectivity index (χ3n) is 2.49. The van der Waals surface area contributed by atoms with Crippen LogP contribution in [0.15, 0.2) is 29.4 Å². The second-order valence-corrected chi connectivity index (χ2v) is 7.13. The van der Waals surface area contributed by atoms with E-state index >= 15 is 0 Å². The molecule has 0 spiro atoms. The van der Waals surface area contributed by atoms with Gasteiger partial charge in [0.25, 0.3) is 0 Å². The highest BCUT2D eigenvalue weighted by atomic mass is 35.5. The van der Waals surface area contributed by atoms with Crippen molar-refractivity contribution < 1.29 is 4.79 Å². The smallest absolute Gasteiger partial charge is 0.308 e. The van der Waals surface area contributed by atoms with Crippen LogP contribution in [0.3, 0.4) is 0 Å². The first-order chi connectivity index (χ1) is 10.7. The van der Waals surface area contributed by atoms with Gasteiger partial charge < -0.3 is 5.32 Å². The Hall–Kier alpha value is -1.38. The second-order valence-electron chi connectivity index (χ2n) is 4.31. The molecule has 1 heterocycles. The maximum Gasteiger partial charge on any atom is 0.326 e. The monoisotopic (exact) mass is 357 g/mol. The highest BCUT2D eigenvalue weighted by molar-refractivity contribution is 8.76. The zero-order valence-corrected chi connectivity index (χ0v) is 14.3. The van der Waals surface area contributed by atoms with E-state index in [9.17, 15) is 4.79 Å². The van der Waals surface area contributed by atoms with Gasteiger partial charge in [-0.15, -0.1) is 5.10 Å². The van der Waals surface area contributed by atoms with Crippen molar-refractivity contribution >= 4 is 50.9 Å². The van der Waals surface area contributed by atoms with Crippen LogP contribution >= 0.6 is 33.2 Å². The first kappa shape index (κ1) is 17.0. The number of amides is 2. The zero-order valence-electron chi connectivity index (χ0n) is 11.9. The number of anilines is 2. The van der Waals surface area contributed by atoms with Crippen molar-refractivity contribution in [1.29, 1.82) is 0 Å². The van der Waals surface area contributed by atoms with Crippen LogP contribution in [0.5, 0.6) is 0 Å². The minimum Gasteiger partial charge on any atom is -0.308 e. The predicted molar refractivity (Wildman–Crippen MR) is 93.7 cm³/mol. The average molecular weight is 358 g/mol. The third kappa shape index (κ3) is 5.78. The van der Waals surface area contributed by atoms with Gasteiger partial charge in [0.05, 0.1) is 0 Å². The summed E-state index contributed by atoms with van der Waals surface area (Å²) in [5, 5.41) is 13.1. The number of rotatable bonds is 7. The predicted octanol–water partition coefficient (Wildman–Crippen LogP) is 4.64. The van der Waals surface area contributed by atoms with Gasteiger partial charge in [-0.05, 0) is 35.4 Å². The molecule has 0 atom stereocenters. The lowest BCUT2D eigenvalue weighted by molar-refractivity contribution is 0.262. The van der Waals surface area contributed by atoms with Gasteiger partial charge in [0.2, 0.25) is 11.1 Å². The molecular weight excluding hydrogens is 342 g/mol. The minimum absolute atomic E-state index is 0.304. The normalized spacial score (nSPS) is 10.5. The fraction of sp³-hybridized carbons (Fsp3) is 0.308. The molecule has 0 aliphatic carbocycles. The summed E-state index contributed by atoms with van der Waals surface area (Å²) in [4.78, 5) is 16.0. The number of aromatic nitrogens is 3. The lowest BCUT2D eigenvalue weighted by Gasteiger charge is -2.05. The molecule has 0 unspecified atom stereocenters. The summed E-state index contributed by atoms with van der Waals surface area (Å²) in [6.45, 7) is 2.15. The molecule has 9 heteroatoms. The van der Waals surface area contributed by atoms with Crippen molar-refractivity contribution in [2.45, 2.75) is 24.9 Å². The minimum atomic E-state index is -0.409. The lowest BCUT2D eigenvalue weighted by Crippen LogP contribution is -2.20. The summed E-state index contributed by atoms with van der Waals surface area (Å²) in [7, 11) is 3.18. The number of urea groups is 1. The van der Waals surface area contributed by atoms with Crippen LogP contribution in [0.2, 0.25) is 5.02 Å². The molecule has 1 aromatic carbocycles. The molecule has 0 aliphatic rings. The van der Waals surface area contributed by atoms with E-state index in [1.807, 2.05) is 0 Å². The van der Waals surface area contributed by atoms with E-state index in [0.29, 0.717) is 21.8 Å². The van der Waals surface area contributed by atoms with Crippen LogP contribution < -0.4 is 10.6 Å². The SMILES string of the molecule is CCCCSSc1n[nH]c(NC(=O)Nc2cccc(Cl)c2)n1. The van der Waals surface area contributed by atoms with Gasteiger partial charge in [-0.25, -0.2) is 9.89 Å². The molecule has 1 aromatic heterocycles. The Morgan fingerprint density at radius 3 is 3.05 bits per heavy atom. The molecule has 0 aliphatic heterocycles. The molecule has 6 nitrogen and oxygen atoms in total. The van der Waals surface area contributed by atoms with Gasteiger partial charge in [0.15, 0.2) is 0 Å². The third-order valence-corrected chi connectivity index (χ3v) is 4.93. The Morgan fingerprint density at radius 2 is 2.27 bits per heavy atom. The molecule has 0 fully saturated rings. The lowest BCUT2D eigenvalue weighted by atomic mass is 10.3. The fourth-order valence-corrected chi connectivity index (χ4v) is 3.61. The van der Waals surface area contributed by atoms with Gasteiger partial charge in [-0.2, -0.15) is 4.98 Å². The summed E-state index contributed by atoms with van der Waals surface area (Å²) >= 11 is 5.86. The van der Waals surface area contributed by atoms with Crippen molar-refractivity contribution in [3.63, 3.8) is 0 Å². The maximum atomic E-state index is 11.8. The molecule has 0 saturated carbocycles. The zero-order chi connectivity index (χ0) is 15.8. The molecule has 0 saturated heterocycles. The maximum absolute atomic E-state index is 11.8. The van der Waals surface area contributed by atoms with Crippen molar-refractivity contribution in [2.75, 3.05) is 16.4 Å². The second kappa shape index (κ2) is 8.92. The number of hydrogen-bond donors (Lipinski definition) is 3. The summed E-state index contributed by atoms with van der Waals surface area (Å²) in [6.07, 6.45) is 2.33. The number of unbranched alkanes of at least 4 members (excludes halogenated alkanes) is 1. The van der Waals surface area contributed by atoms with Gasteiger partial charge in [0.1, 0.15) is 0 Å². The highest BCUT2D eigenvalue weighted by Crippen LogP contribution is 2.29. The number of nitrogens with zero attached hydrogens (tertiary/aromatic N) is 2. The number of nitrogens with one attached hydrogen (secondary N) is 3. The van der Waals surface area contributed by atoms with Crippen LogP contribution in [0, 0.1) is 0 Å². The van der Waals surface area contributed by atoms with E-state index in [-0.39, 0.29) is 0 Å². The Bertz CT molecular complexity index is 622. The number of benzene rings is 1. The first-order valence-corrected chi connectivity index (χ1v) is 9.42. The Kier molecular flexibility index (Phi) is 6.88. The number of carbonyl (C=O) groups is 1. The largest absolute Gasteiger partial charge is 0.326 e. The number of carbonyl (C=O) groups excluding carboxylic acids is 1. The van der Waals surface area contributed by atoms with Crippen LogP contribution in [-0.2, 0) is 0 Å². The van der Waals surface area contributed by atoms with E-state index < -0.39 is 6.03 Å². The Labute approximate surface area is 141 Å². The van der Waals surface area contributed by atoms with Gasteiger partial charge in [0, 0.05) is 16.5 Å². The standard InChI is InChI=1S/C13H16ClN5OS2/c1-2-3-7-21-22-13-17-11(18-19-13)16-12(20)15-10-6-4-5-9(14)8-10/h4-6,8H,2-3,7H2,1H3,(H3,15,16,17,18,19,20). The van der Waals surface area contributed by atoms with E-state index in [4.69, 9.17) is 11.6 Å². The van der Waals surface area contributed by atoms with Crippen LogP contribution in [-0.4, -0.2) is 27.0 Å². The number of H-pyrrole nitrogens is 1. The summed E-state index contributed by atoms with van der Waals surface area (Å²) in [6, 6.07) is 6.49. The summed E-state index contributed by atoms with van der Waals surface area (Å²) in [5.41, 5.74) is 0.606. The fourth-order valence-electron chi connectivity index (χ4n) is 1.47. The van der Waals surface area contributed by atoms with Crippen molar-refractivity contribution in [3.8, 4) is 0 Å². The average Bonchev–Trinajstić information content (AvgIpc) is 2.91. The summed E-state index contributed by atoms with van der Waals surface area (Å²) < 4.78 is 0. The van der Waals surface area contributed by atoms with Gasteiger partial charge in [-0.1, -0.05) is 41.8 Å². The van der Waals surface area contributed by atoms with E-state index in [2.05, 4.69) is 32.7 Å². The van der Waals surface area contributed by atoms with Gasteiger partial charge >= 0.3 is 6.03 Å². The van der Waals surface area contributed by atoms with Crippen molar-refractivity contribution in [2.24, 2.45) is 0 Å². The van der Waals surface area contributed by atoms with E-state index in [1.54, 1.807) is 35.1 Å². The molecule has 0 radical (unpaired) electrons. The number of halogens is 1. The Balaban J connectivity index is 1.80. The van der Waals surface area contributed by atoms with Gasteiger partial charge in [-0.3, -0.25) is 5.32 Å². The molecule has 3 N–H and O–H groups in total. The molecule has 2 aromatic rings. The van der Waals surface area contributed by atoms with Crippen molar-refractivity contribution in [3.05, 3.63) is 29.3 Å². The molecule has 0 bridgehead atoms. The van der Waals surface area contributed by atoms with Crippen molar-refractivity contribution in [1.82, 2.24) is 15.2 Å². The first-order valence-electron chi connectivity index (χ1n) is 6.73. The molecule has 22 heavy (non-hydrogen) atoms. The quantitative estimate of drug-likeness (QED) is 0.496. The highest BCUT2D eigenvalue weighted by Gasteiger charge is 2.08. The van der Waals surface area contributed by atoms with Crippen LogP contribution in [0.4, 0.5) is 16.4 Å². The molecule has 118 valence electrons. The Morgan fingerprint density at radius 1 is 1.41 bits per heavy atom. The van der Waals surface area contributed by atoms with E-state index in [0.717, 1.165) is 18.6 Å². The van der Waals surface area contributed by atoms with Crippen LogP contribution in [0.25, 0.3) is 0 Å². The molecule has 2 amide bonds. The summed E-state index contributed by atoms with van der Waals surface area (Å²) in [5.74, 6) is 1.35. The molecule has 2 rings (SSSR count). The van der Waals surface area contributed by atoms with Crippen LogP contribution in [0.1, 0.15) is 19.8 Å². The topological polar surface area (TPSA) is 82.7 Å². The molecular formula is C13H16ClN5OS2. The number of hydrogen-bond acceptors (Lipinski definition) is 5. The number of aromatic amines is 1.